The molecule has 2 nitrogen and oxygen atoms in total. The lowest BCUT2D eigenvalue weighted by Gasteiger charge is -2.33. The number of nitrogens with zero attached hydrogens (tertiary/aromatic N) is 1. The molecule has 1 aliphatic carbocycles. The summed E-state index contributed by atoms with van der Waals surface area (Å²) in [6, 6.07) is 10.7. The monoisotopic (exact) mass is 268 g/mol. The largest absolute Gasteiger partial charge is 0.312 e. The molecule has 1 N–H and O–H groups in total. The zero-order valence-electron chi connectivity index (χ0n) is 12.4. The van der Waals surface area contributed by atoms with Gasteiger partial charge in [-0.1, -0.05) is 38.3 Å². The summed E-state index contributed by atoms with van der Waals surface area (Å²) in [5.74, 6) is 0. The van der Waals surface area contributed by atoms with Gasteiger partial charge in [0.25, 0.3) is 0 Å². The predicted molar refractivity (Wildman–Crippen MR) is 84.6 cm³/mol. The van der Waals surface area contributed by atoms with E-state index in [2.05, 4.69) is 41.5 Å². The molecule has 1 aromatic heterocycles. The van der Waals surface area contributed by atoms with Gasteiger partial charge in [-0.25, -0.2) is 0 Å². The molecule has 0 atom stereocenters. The van der Waals surface area contributed by atoms with Gasteiger partial charge in [0.2, 0.25) is 0 Å². The first-order chi connectivity index (χ1) is 9.75. The highest BCUT2D eigenvalue weighted by Crippen LogP contribution is 2.34. The molecule has 1 fully saturated rings. The van der Waals surface area contributed by atoms with E-state index in [0.29, 0.717) is 5.41 Å². The van der Waals surface area contributed by atoms with Crippen molar-refractivity contribution in [1.82, 2.24) is 10.3 Å². The van der Waals surface area contributed by atoms with Gasteiger partial charge in [0.1, 0.15) is 0 Å². The maximum absolute atomic E-state index is 4.37. The third-order valence-corrected chi connectivity index (χ3v) is 4.61. The van der Waals surface area contributed by atoms with Gasteiger partial charge in [-0.2, -0.15) is 0 Å². The van der Waals surface area contributed by atoms with Crippen LogP contribution in [-0.4, -0.2) is 11.5 Å². The Balaban J connectivity index is 1.59. The third-order valence-electron chi connectivity index (χ3n) is 4.61. The molecule has 0 unspecified atom stereocenters. The molecule has 3 rings (SSSR count). The summed E-state index contributed by atoms with van der Waals surface area (Å²) >= 11 is 0. The number of fused-ring (bicyclic) bond motifs is 1. The Morgan fingerprint density at radius 1 is 1.15 bits per heavy atom. The van der Waals surface area contributed by atoms with Crippen LogP contribution in [0.25, 0.3) is 10.9 Å². The molecule has 20 heavy (non-hydrogen) atoms. The van der Waals surface area contributed by atoms with Crippen LogP contribution < -0.4 is 5.32 Å². The minimum Gasteiger partial charge on any atom is -0.312 e. The van der Waals surface area contributed by atoms with E-state index in [4.69, 9.17) is 0 Å². The van der Waals surface area contributed by atoms with Gasteiger partial charge in [0.15, 0.2) is 0 Å². The molecule has 0 bridgehead atoms. The molecule has 0 amide bonds. The molecule has 0 radical (unpaired) electrons. The standard InChI is InChI=1S/C18H24N2/c1-18(9-3-2-4-10-18)14-19-13-15-7-8-17-16(12-15)6-5-11-20-17/h5-8,11-12,19H,2-4,9-10,13-14H2,1H3. The first-order valence-electron chi connectivity index (χ1n) is 7.80. The molecule has 0 saturated heterocycles. The van der Waals surface area contributed by atoms with Gasteiger partial charge in [0.05, 0.1) is 5.52 Å². The first kappa shape index (κ1) is 13.6. The maximum Gasteiger partial charge on any atom is 0.0702 e. The number of rotatable bonds is 4. The van der Waals surface area contributed by atoms with E-state index in [1.54, 1.807) is 0 Å². The second-order valence-corrected chi connectivity index (χ2v) is 6.51. The van der Waals surface area contributed by atoms with E-state index in [0.717, 1.165) is 18.6 Å². The van der Waals surface area contributed by atoms with Gasteiger partial charge < -0.3 is 5.32 Å². The smallest absolute Gasteiger partial charge is 0.0702 e. The van der Waals surface area contributed by atoms with Crippen molar-refractivity contribution in [2.75, 3.05) is 6.54 Å². The number of hydrogen-bond donors (Lipinski definition) is 1. The fourth-order valence-corrected chi connectivity index (χ4v) is 3.33. The lowest BCUT2D eigenvalue weighted by Crippen LogP contribution is -2.33. The zero-order chi connectivity index (χ0) is 13.8. The summed E-state index contributed by atoms with van der Waals surface area (Å²) in [5.41, 5.74) is 2.94. The molecule has 0 spiro atoms. The van der Waals surface area contributed by atoms with Crippen molar-refractivity contribution in [3.05, 3.63) is 42.1 Å². The first-order valence-corrected chi connectivity index (χ1v) is 7.80. The van der Waals surface area contributed by atoms with Gasteiger partial charge in [-0.15, -0.1) is 0 Å². The zero-order valence-corrected chi connectivity index (χ0v) is 12.4. The Labute approximate surface area is 121 Å². The lowest BCUT2D eigenvalue weighted by molar-refractivity contribution is 0.207. The van der Waals surface area contributed by atoms with Gasteiger partial charge >= 0.3 is 0 Å². The summed E-state index contributed by atoms with van der Waals surface area (Å²) < 4.78 is 0. The summed E-state index contributed by atoms with van der Waals surface area (Å²) in [6.45, 7) is 4.53. The minimum absolute atomic E-state index is 0.511. The summed E-state index contributed by atoms with van der Waals surface area (Å²) in [4.78, 5) is 4.37. The SMILES string of the molecule is CC1(CNCc2ccc3ncccc3c2)CCCCC1. The quantitative estimate of drug-likeness (QED) is 0.894. The van der Waals surface area contributed by atoms with Crippen LogP contribution in [0, 0.1) is 5.41 Å². The summed E-state index contributed by atoms with van der Waals surface area (Å²) in [5, 5.41) is 4.89. The van der Waals surface area contributed by atoms with E-state index >= 15 is 0 Å². The van der Waals surface area contributed by atoms with Crippen LogP contribution in [0.15, 0.2) is 36.5 Å². The van der Waals surface area contributed by atoms with Gasteiger partial charge in [-0.05, 0) is 42.0 Å². The van der Waals surface area contributed by atoms with Crippen molar-refractivity contribution in [2.45, 2.75) is 45.6 Å². The summed E-state index contributed by atoms with van der Waals surface area (Å²) in [7, 11) is 0. The third kappa shape index (κ3) is 3.18. The van der Waals surface area contributed by atoms with E-state index in [9.17, 15) is 0 Å². The molecule has 1 saturated carbocycles. The normalized spacial score (nSPS) is 18.2. The molecule has 2 heteroatoms. The number of benzene rings is 1. The topological polar surface area (TPSA) is 24.9 Å². The molecule has 1 aromatic carbocycles. The van der Waals surface area contributed by atoms with E-state index in [-0.39, 0.29) is 0 Å². The molecular formula is C18H24N2. The Morgan fingerprint density at radius 3 is 2.85 bits per heavy atom. The van der Waals surface area contributed by atoms with Crippen molar-refractivity contribution in [3.8, 4) is 0 Å². The Morgan fingerprint density at radius 2 is 2.00 bits per heavy atom. The molecular weight excluding hydrogens is 244 g/mol. The fraction of sp³-hybridized carbons (Fsp3) is 0.500. The maximum atomic E-state index is 4.37. The lowest BCUT2D eigenvalue weighted by atomic mass is 9.76. The molecule has 0 aliphatic heterocycles. The van der Waals surface area contributed by atoms with Crippen LogP contribution in [-0.2, 0) is 6.54 Å². The second kappa shape index (κ2) is 5.92. The average molecular weight is 268 g/mol. The number of hydrogen-bond acceptors (Lipinski definition) is 2. The van der Waals surface area contributed by atoms with Crippen LogP contribution in [0.4, 0.5) is 0 Å². The van der Waals surface area contributed by atoms with E-state index in [1.165, 1.54) is 43.1 Å². The van der Waals surface area contributed by atoms with Crippen molar-refractivity contribution >= 4 is 10.9 Å². The highest BCUT2D eigenvalue weighted by atomic mass is 14.9. The fourth-order valence-electron chi connectivity index (χ4n) is 3.33. The molecule has 1 aliphatic rings. The van der Waals surface area contributed by atoms with Crippen LogP contribution in [0.3, 0.4) is 0 Å². The van der Waals surface area contributed by atoms with Crippen LogP contribution >= 0.6 is 0 Å². The van der Waals surface area contributed by atoms with Crippen molar-refractivity contribution in [2.24, 2.45) is 5.41 Å². The molecule has 1 heterocycles. The van der Waals surface area contributed by atoms with E-state index in [1.807, 2.05) is 12.3 Å². The Bertz CT molecular complexity index is 570. The van der Waals surface area contributed by atoms with Crippen molar-refractivity contribution in [1.29, 1.82) is 0 Å². The number of nitrogens with one attached hydrogen (secondary N) is 1. The highest BCUT2D eigenvalue weighted by Gasteiger charge is 2.25. The number of pyridine rings is 1. The Kier molecular flexibility index (Phi) is 4.02. The van der Waals surface area contributed by atoms with Crippen LogP contribution in [0.5, 0.6) is 0 Å². The van der Waals surface area contributed by atoms with Crippen molar-refractivity contribution in [3.63, 3.8) is 0 Å². The highest BCUT2D eigenvalue weighted by molar-refractivity contribution is 5.78. The number of aromatic nitrogens is 1. The van der Waals surface area contributed by atoms with Crippen LogP contribution in [0.1, 0.15) is 44.6 Å². The van der Waals surface area contributed by atoms with E-state index < -0.39 is 0 Å². The summed E-state index contributed by atoms with van der Waals surface area (Å²) in [6.07, 6.45) is 8.83. The van der Waals surface area contributed by atoms with Gasteiger partial charge in [0, 0.05) is 24.7 Å². The molecule has 2 aromatic rings. The minimum atomic E-state index is 0.511. The van der Waals surface area contributed by atoms with Crippen LogP contribution in [0.2, 0.25) is 0 Å². The van der Waals surface area contributed by atoms with Crippen molar-refractivity contribution < 1.29 is 0 Å². The Hall–Kier alpha value is -1.41. The second-order valence-electron chi connectivity index (χ2n) is 6.51. The predicted octanol–water partition coefficient (Wildman–Crippen LogP) is 4.29. The average Bonchev–Trinajstić information content (AvgIpc) is 2.48. The van der Waals surface area contributed by atoms with Gasteiger partial charge in [-0.3, -0.25) is 4.98 Å². The molecule has 106 valence electrons.